The number of hydrogen-bond donors (Lipinski definition) is 6. The topological polar surface area (TPSA) is 285 Å². The first kappa shape index (κ1) is 22.1. The first-order valence-corrected chi connectivity index (χ1v) is 8.04. The van der Waals surface area contributed by atoms with Crippen LogP contribution in [0.25, 0.3) is 11.2 Å². The Morgan fingerprint density at radius 3 is 2.65 bits per heavy atom. The summed E-state index contributed by atoms with van der Waals surface area (Å²) in [6, 6.07) is 0. The van der Waals surface area contributed by atoms with Crippen molar-refractivity contribution in [3.8, 4) is 0 Å². The van der Waals surface area contributed by atoms with Gasteiger partial charge in [-0.1, -0.05) is 0 Å². The number of aliphatic hydroxyl groups is 2. The van der Waals surface area contributed by atoms with E-state index in [0.29, 0.717) is 0 Å². The molecule has 3 heterocycles. The molecule has 148 valence electrons. The van der Waals surface area contributed by atoms with Gasteiger partial charge in [0.25, 0.3) is 5.56 Å². The minimum Gasteiger partial charge on any atom is -0.790 e. The fraction of sp³-hybridized carbons (Fsp3) is 0.500. The lowest BCUT2D eigenvalue weighted by Crippen LogP contribution is -2.34. The summed E-state index contributed by atoms with van der Waals surface area (Å²) < 4.78 is 21.0. The molecule has 0 amide bonds. The number of aromatic nitrogens is 4. The van der Waals surface area contributed by atoms with Crippen LogP contribution in [0.15, 0.2) is 11.1 Å². The van der Waals surface area contributed by atoms with Crippen LogP contribution in [0, 0.1) is 0 Å². The monoisotopic (exact) mass is 397 g/mol. The van der Waals surface area contributed by atoms with E-state index in [1.165, 1.54) is 0 Å². The number of phosphoric acid groups is 1. The standard InChI is InChI=1S/C10H14N5O8P.2H3N/c11-10-13-7-4(8(18)14-10)12-2-15(7)9-6(17)5(16)3(23-9)1-22-24(19,20)21;;/h2-3,5-6,9,16-17H,1H2,(H2,19,20,21)(H3,11,13,14,18);2*1H3/t3-,5?,6?,9-;;/m1../s1. The molecule has 2 aromatic heterocycles. The molecule has 0 aliphatic carbocycles. The van der Waals surface area contributed by atoms with Gasteiger partial charge in [0.1, 0.15) is 18.3 Å². The van der Waals surface area contributed by atoms with Crippen molar-refractivity contribution in [1.82, 2.24) is 31.8 Å². The maximum absolute atomic E-state index is 11.7. The number of nitrogens with one attached hydrogen (secondary N) is 1. The summed E-state index contributed by atoms with van der Waals surface area (Å²) in [5.41, 5.74) is 4.77. The van der Waals surface area contributed by atoms with Crippen molar-refractivity contribution in [3.63, 3.8) is 0 Å². The third kappa shape index (κ3) is 4.07. The number of phosphoric ester groups is 1. The summed E-state index contributed by atoms with van der Waals surface area (Å²) in [4.78, 5) is 42.7. The van der Waals surface area contributed by atoms with E-state index in [4.69, 9.17) is 10.5 Å². The van der Waals surface area contributed by atoms with Gasteiger partial charge in [0.05, 0.1) is 20.8 Å². The summed E-state index contributed by atoms with van der Waals surface area (Å²) in [5.74, 6) is -0.194. The second kappa shape index (κ2) is 7.75. The number of fused-ring (bicyclic) bond motifs is 1. The van der Waals surface area contributed by atoms with E-state index < -0.39 is 44.5 Å². The third-order valence-corrected chi connectivity index (χ3v) is 3.92. The van der Waals surface area contributed by atoms with Crippen molar-refractivity contribution in [2.75, 3.05) is 12.3 Å². The number of hydrogen-bond acceptors (Lipinski definition) is 11. The Kier molecular flexibility index (Phi) is 6.59. The lowest BCUT2D eigenvalue weighted by atomic mass is 10.1. The molecule has 1 aliphatic rings. The van der Waals surface area contributed by atoms with E-state index in [2.05, 4.69) is 19.5 Å². The van der Waals surface area contributed by atoms with Crippen molar-refractivity contribution in [1.29, 1.82) is 0 Å². The smallest absolute Gasteiger partial charge is 0.280 e. The van der Waals surface area contributed by atoms with Crippen LogP contribution in [0.4, 0.5) is 5.95 Å². The molecule has 0 aromatic carbocycles. The van der Waals surface area contributed by atoms with E-state index in [9.17, 15) is 29.4 Å². The van der Waals surface area contributed by atoms with Crippen LogP contribution in [0.1, 0.15) is 6.23 Å². The summed E-state index contributed by atoms with van der Waals surface area (Å²) in [6.07, 6.45) is -4.46. The quantitative estimate of drug-likeness (QED) is 0.281. The molecule has 0 radical (unpaired) electrons. The van der Waals surface area contributed by atoms with E-state index >= 15 is 0 Å². The van der Waals surface area contributed by atoms with Gasteiger partial charge in [-0.15, -0.1) is 0 Å². The van der Waals surface area contributed by atoms with Gasteiger partial charge in [0.2, 0.25) is 5.95 Å². The SMILES string of the molecule is Nc1nc2c(ncn2[C@@H]2O[C@H](COP(=O)([O-])[O-])C(O)C2O)c(=O)[nH]1.[NH4+].[NH4+]. The van der Waals surface area contributed by atoms with E-state index in [1.54, 1.807) is 0 Å². The van der Waals surface area contributed by atoms with Crippen molar-refractivity contribution < 1.29 is 33.8 Å². The van der Waals surface area contributed by atoms with Crippen LogP contribution >= 0.6 is 7.82 Å². The number of nitrogens with zero attached hydrogens (tertiary/aromatic N) is 3. The third-order valence-electron chi connectivity index (χ3n) is 3.46. The molecule has 4 atom stereocenters. The second-order valence-corrected chi connectivity index (χ2v) is 6.22. The van der Waals surface area contributed by atoms with Crippen molar-refractivity contribution in [2.24, 2.45) is 0 Å². The summed E-state index contributed by atoms with van der Waals surface area (Å²) in [6.45, 7) is -0.776. The second-order valence-electron chi connectivity index (χ2n) is 5.06. The molecule has 1 fully saturated rings. The Balaban J connectivity index is 0.00000169. The fourth-order valence-corrected chi connectivity index (χ4v) is 2.72. The van der Waals surface area contributed by atoms with Gasteiger partial charge in [-0.25, -0.2) is 4.98 Å². The van der Waals surface area contributed by atoms with Gasteiger partial charge in [0, 0.05) is 0 Å². The van der Waals surface area contributed by atoms with Crippen LogP contribution in [-0.4, -0.2) is 54.7 Å². The number of aliphatic hydroxyl groups excluding tert-OH is 2. The largest absolute Gasteiger partial charge is 0.790 e. The van der Waals surface area contributed by atoms with Crippen molar-refractivity contribution in [2.45, 2.75) is 24.5 Å². The molecule has 3 rings (SSSR count). The molecule has 16 heteroatoms. The molecule has 1 aliphatic heterocycles. The fourth-order valence-electron chi connectivity index (χ4n) is 2.39. The molecular weight excluding hydrogens is 377 g/mol. The number of nitrogens with two attached hydrogens (primary N) is 1. The summed E-state index contributed by atoms with van der Waals surface area (Å²) in [7, 11) is -5.26. The Morgan fingerprint density at radius 2 is 2.04 bits per heavy atom. The van der Waals surface area contributed by atoms with Gasteiger partial charge in [-0.2, -0.15) is 4.98 Å². The van der Waals surface area contributed by atoms with Gasteiger partial charge in [-0.05, 0) is 0 Å². The minimum atomic E-state index is -5.26. The number of rotatable bonds is 4. The molecular formula is C10H20N7O8P. The van der Waals surface area contributed by atoms with Crippen LogP contribution in [0.5, 0.6) is 0 Å². The number of quaternary nitrogens is 2. The number of ether oxygens (including phenoxy) is 1. The normalized spacial score (nSPS) is 25.7. The predicted molar refractivity (Wildman–Crippen MR) is 84.0 cm³/mol. The zero-order chi connectivity index (χ0) is 17.6. The van der Waals surface area contributed by atoms with E-state index in [-0.39, 0.29) is 29.4 Å². The van der Waals surface area contributed by atoms with Crippen molar-refractivity contribution in [3.05, 3.63) is 16.7 Å². The number of imidazole rings is 1. The van der Waals surface area contributed by atoms with Gasteiger partial charge in [-0.3, -0.25) is 14.3 Å². The Bertz CT molecular complexity index is 865. The average Bonchev–Trinajstić information content (AvgIpc) is 3.00. The van der Waals surface area contributed by atoms with Crippen LogP contribution in [0.3, 0.4) is 0 Å². The van der Waals surface area contributed by atoms with Crippen LogP contribution in [0.2, 0.25) is 0 Å². The number of aromatic amines is 1. The maximum atomic E-state index is 11.7. The Hall–Kier alpha value is -1.94. The summed E-state index contributed by atoms with van der Waals surface area (Å²) >= 11 is 0. The zero-order valence-corrected chi connectivity index (χ0v) is 14.7. The molecule has 13 N–H and O–H groups in total. The van der Waals surface area contributed by atoms with Gasteiger partial charge < -0.3 is 51.9 Å². The molecule has 1 saturated heterocycles. The highest BCUT2D eigenvalue weighted by atomic mass is 31.2. The predicted octanol–water partition coefficient (Wildman–Crippen LogP) is -3.08. The maximum Gasteiger partial charge on any atom is 0.280 e. The first-order chi connectivity index (χ1) is 11.2. The summed E-state index contributed by atoms with van der Waals surface area (Å²) in [5, 5.41) is 20.0. The Morgan fingerprint density at radius 1 is 1.38 bits per heavy atom. The molecule has 0 saturated carbocycles. The van der Waals surface area contributed by atoms with Crippen LogP contribution in [-0.2, 0) is 13.8 Å². The van der Waals surface area contributed by atoms with Crippen molar-refractivity contribution >= 4 is 24.9 Å². The molecule has 0 spiro atoms. The number of H-pyrrole nitrogens is 1. The van der Waals surface area contributed by atoms with Gasteiger partial charge in [0.15, 0.2) is 17.4 Å². The number of anilines is 1. The minimum absolute atomic E-state index is 0. The highest BCUT2D eigenvalue weighted by Gasteiger charge is 2.44. The highest BCUT2D eigenvalue weighted by Crippen LogP contribution is 2.33. The molecule has 15 nitrogen and oxygen atoms in total. The van der Waals surface area contributed by atoms with E-state index in [0.717, 1.165) is 10.9 Å². The first-order valence-electron chi connectivity index (χ1n) is 6.58. The zero-order valence-electron chi connectivity index (χ0n) is 13.8. The molecule has 2 unspecified atom stereocenters. The average molecular weight is 397 g/mol. The Labute approximate surface area is 145 Å². The number of nitrogen functional groups attached to an aromatic ring is 1. The molecule has 0 bridgehead atoms. The lowest BCUT2D eigenvalue weighted by Gasteiger charge is -2.30. The molecule has 2 aromatic rings. The highest BCUT2D eigenvalue weighted by molar-refractivity contribution is 7.43. The van der Waals surface area contributed by atoms with E-state index in [1.807, 2.05) is 0 Å². The van der Waals surface area contributed by atoms with Gasteiger partial charge >= 0.3 is 0 Å². The van der Waals surface area contributed by atoms with Crippen LogP contribution < -0.4 is 33.4 Å². The lowest BCUT2D eigenvalue weighted by molar-refractivity contribution is -0.343. The molecule has 26 heavy (non-hydrogen) atoms.